The third kappa shape index (κ3) is 4.30. The largest absolute Gasteiger partial charge is 0.490 e. The number of aliphatic hydroxyl groups is 1. The fourth-order valence-corrected chi connectivity index (χ4v) is 4.10. The lowest BCUT2D eigenvalue weighted by atomic mass is 9.80. The molecule has 2 aliphatic rings. The number of amides is 1. The predicted molar refractivity (Wildman–Crippen MR) is 93.6 cm³/mol. The maximum absolute atomic E-state index is 13.0. The summed E-state index contributed by atoms with van der Waals surface area (Å²) in [5.41, 5.74) is 0.548. The molecule has 1 saturated carbocycles. The highest BCUT2D eigenvalue weighted by atomic mass is 16.5. The van der Waals surface area contributed by atoms with Gasteiger partial charge in [0.2, 0.25) is 0 Å². The van der Waals surface area contributed by atoms with Gasteiger partial charge in [-0.1, -0.05) is 12.8 Å². The van der Waals surface area contributed by atoms with Crippen LogP contribution in [0.1, 0.15) is 48.9 Å². The smallest absolute Gasteiger partial charge is 0.255 e. The first-order valence-corrected chi connectivity index (χ1v) is 9.26. The van der Waals surface area contributed by atoms with Crippen LogP contribution in [0, 0.1) is 5.92 Å². The number of nitrogens with zero attached hydrogens (tertiary/aromatic N) is 2. The van der Waals surface area contributed by atoms with Gasteiger partial charge in [-0.25, -0.2) is 0 Å². The molecule has 25 heavy (non-hydrogen) atoms. The molecular formula is C19H28N2O4. The van der Waals surface area contributed by atoms with Gasteiger partial charge in [0.15, 0.2) is 0 Å². The highest BCUT2D eigenvalue weighted by molar-refractivity contribution is 5.94. The Labute approximate surface area is 149 Å². The fourth-order valence-electron chi connectivity index (χ4n) is 4.10. The molecule has 0 bridgehead atoms. The molecule has 2 fully saturated rings. The van der Waals surface area contributed by atoms with E-state index in [1.165, 1.54) is 0 Å². The summed E-state index contributed by atoms with van der Waals surface area (Å²) in [6, 6.07) is 1.89. The van der Waals surface area contributed by atoms with Gasteiger partial charge in [-0.15, -0.1) is 0 Å². The van der Waals surface area contributed by atoms with Gasteiger partial charge >= 0.3 is 0 Å². The Hall–Kier alpha value is -1.66. The van der Waals surface area contributed by atoms with E-state index >= 15 is 0 Å². The summed E-state index contributed by atoms with van der Waals surface area (Å²) in [7, 11) is 1.62. The number of hydrogen-bond donors (Lipinski definition) is 1. The summed E-state index contributed by atoms with van der Waals surface area (Å²) < 4.78 is 10.5. The highest BCUT2D eigenvalue weighted by Crippen LogP contribution is 2.35. The third-order valence-corrected chi connectivity index (χ3v) is 5.35. The number of rotatable bonds is 6. The normalized spacial score (nSPS) is 26.6. The van der Waals surface area contributed by atoms with Gasteiger partial charge in [0, 0.05) is 31.8 Å². The topological polar surface area (TPSA) is 71.9 Å². The standard InChI is InChI=1S/C19H28N2O4/c1-24-9-10-25-15-11-14(12-20-13-15)19(23)21-8-4-6-17(21)16-5-2-3-7-18(16)22/h11-13,16-18,22H,2-10H2,1H3. The summed E-state index contributed by atoms with van der Waals surface area (Å²) in [4.78, 5) is 19.1. The molecule has 3 unspecified atom stereocenters. The lowest BCUT2D eigenvalue weighted by molar-refractivity contribution is 0.0211. The number of hydrogen-bond acceptors (Lipinski definition) is 5. The molecule has 6 nitrogen and oxygen atoms in total. The van der Waals surface area contributed by atoms with E-state index in [0.29, 0.717) is 24.5 Å². The summed E-state index contributed by atoms with van der Waals surface area (Å²) in [5, 5.41) is 10.4. The maximum atomic E-state index is 13.0. The quantitative estimate of drug-likeness (QED) is 0.799. The van der Waals surface area contributed by atoms with Crippen molar-refractivity contribution in [3.05, 3.63) is 24.0 Å². The number of likely N-dealkylation sites (tertiary alicyclic amines) is 1. The van der Waals surface area contributed by atoms with Gasteiger partial charge in [-0.2, -0.15) is 0 Å². The first kappa shape index (κ1) is 18.1. The van der Waals surface area contributed by atoms with Crippen molar-refractivity contribution in [1.29, 1.82) is 0 Å². The fraction of sp³-hybridized carbons (Fsp3) is 0.684. The second-order valence-electron chi connectivity index (χ2n) is 6.97. The van der Waals surface area contributed by atoms with Crippen LogP contribution in [0.2, 0.25) is 0 Å². The summed E-state index contributed by atoms with van der Waals surface area (Å²) in [6.45, 7) is 1.67. The van der Waals surface area contributed by atoms with Crippen LogP contribution in [0.3, 0.4) is 0 Å². The van der Waals surface area contributed by atoms with Crippen LogP contribution in [0.25, 0.3) is 0 Å². The molecule has 3 atom stereocenters. The van der Waals surface area contributed by atoms with Crippen molar-refractivity contribution in [2.75, 3.05) is 26.9 Å². The number of aromatic nitrogens is 1. The van der Waals surface area contributed by atoms with E-state index in [-0.39, 0.29) is 24.0 Å². The number of methoxy groups -OCH3 is 1. The van der Waals surface area contributed by atoms with Gasteiger partial charge in [0.25, 0.3) is 5.91 Å². The molecule has 0 spiro atoms. The molecule has 1 aromatic heterocycles. The lowest BCUT2D eigenvalue weighted by Crippen LogP contribution is -2.45. The summed E-state index contributed by atoms with van der Waals surface area (Å²) in [5.74, 6) is 0.774. The van der Waals surface area contributed by atoms with E-state index in [1.54, 1.807) is 25.6 Å². The molecule has 6 heteroatoms. The molecule has 1 N–H and O–H groups in total. The van der Waals surface area contributed by atoms with Crippen molar-refractivity contribution in [3.8, 4) is 5.75 Å². The molecule has 138 valence electrons. The Morgan fingerprint density at radius 1 is 1.24 bits per heavy atom. The van der Waals surface area contributed by atoms with Crippen molar-refractivity contribution in [1.82, 2.24) is 9.88 Å². The van der Waals surface area contributed by atoms with Crippen LogP contribution >= 0.6 is 0 Å². The molecule has 1 aliphatic carbocycles. The molecule has 2 heterocycles. The zero-order valence-electron chi connectivity index (χ0n) is 14.9. The van der Waals surface area contributed by atoms with Crippen LogP contribution in [0.4, 0.5) is 0 Å². The minimum Gasteiger partial charge on any atom is -0.490 e. The van der Waals surface area contributed by atoms with Gasteiger partial charge in [-0.3, -0.25) is 9.78 Å². The maximum Gasteiger partial charge on any atom is 0.255 e. The van der Waals surface area contributed by atoms with Gasteiger partial charge in [-0.05, 0) is 31.7 Å². The summed E-state index contributed by atoms with van der Waals surface area (Å²) in [6.07, 6.45) is 8.99. The number of carbonyl (C=O) groups is 1. The molecule has 1 aliphatic heterocycles. The second kappa shape index (κ2) is 8.63. The molecule has 1 aromatic rings. The van der Waals surface area contributed by atoms with Crippen molar-refractivity contribution in [3.63, 3.8) is 0 Å². The Bertz CT molecular complexity index is 580. The first-order chi connectivity index (χ1) is 12.2. The van der Waals surface area contributed by atoms with Crippen LogP contribution in [-0.2, 0) is 4.74 Å². The van der Waals surface area contributed by atoms with E-state index in [9.17, 15) is 9.90 Å². The first-order valence-electron chi connectivity index (χ1n) is 9.26. The zero-order valence-corrected chi connectivity index (χ0v) is 14.9. The Morgan fingerprint density at radius 2 is 2.08 bits per heavy atom. The van der Waals surface area contributed by atoms with E-state index in [0.717, 1.165) is 45.1 Å². The average Bonchev–Trinajstić information content (AvgIpc) is 3.11. The van der Waals surface area contributed by atoms with Crippen LogP contribution in [-0.4, -0.2) is 59.9 Å². The number of carbonyl (C=O) groups excluding carboxylic acids is 1. The van der Waals surface area contributed by atoms with E-state index < -0.39 is 0 Å². The minimum atomic E-state index is -0.283. The molecule has 1 saturated heterocycles. The van der Waals surface area contributed by atoms with E-state index in [2.05, 4.69) is 4.98 Å². The predicted octanol–water partition coefficient (Wildman–Crippen LogP) is 2.26. The monoisotopic (exact) mass is 348 g/mol. The van der Waals surface area contributed by atoms with Gasteiger partial charge in [0.05, 0.1) is 24.5 Å². The van der Waals surface area contributed by atoms with E-state index in [1.807, 2.05) is 4.90 Å². The zero-order chi connectivity index (χ0) is 17.6. The number of pyridine rings is 1. The van der Waals surface area contributed by atoms with Crippen molar-refractivity contribution >= 4 is 5.91 Å². The van der Waals surface area contributed by atoms with Crippen molar-refractivity contribution in [2.24, 2.45) is 5.92 Å². The Balaban J connectivity index is 1.69. The van der Waals surface area contributed by atoms with Crippen molar-refractivity contribution < 1.29 is 19.4 Å². The second-order valence-corrected chi connectivity index (χ2v) is 6.97. The molecule has 3 rings (SSSR count). The number of aliphatic hydroxyl groups excluding tert-OH is 1. The molecule has 1 amide bonds. The Morgan fingerprint density at radius 3 is 2.88 bits per heavy atom. The third-order valence-electron chi connectivity index (χ3n) is 5.35. The van der Waals surface area contributed by atoms with Crippen LogP contribution in [0.5, 0.6) is 5.75 Å². The molecule has 0 radical (unpaired) electrons. The van der Waals surface area contributed by atoms with Crippen LogP contribution < -0.4 is 4.74 Å². The van der Waals surface area contributed by atoms with Gasteiger partial charge in [0.1, 0.15) is 12.4 Å². The summed E-state index contributed by atoms with van der Waals surface area (Å²) >= 11 is 0. The minimum absolute atomic E-state index is 0.00929. The van der Waals surface area contributed by atoms with Crippen LogP contribution in [0.15, 0.2) is 18.5 Å². The lowest BCUT2D eigenvalue weighted by Gasteiger charge is -2.37. The highest BCUT2D eigenvalue weighted by Gasteiger charge is 2.39. The SMILES string of the molecule is COCCOc1cncc(C(=O)N2CCCC2C2CCCCC2O)c1. The van der Waals surface area contributed by atoms with Crippen molar-refractivity contribution in [2.45, 2.75) is 50.7 Å². The van der Waals surface area contributed by atoms with Gasteiger partial charge < -0.3 is 19.5 Å². The average molecular weight is 348 g/mol. The number of ether oxygens (including phenoxy) is 2. The van der Waals surface area contributed by atoms with E-state index in [4.69, 9.17) is 9.47 Å². The Kier molecular flexibility index (Phi) is 6.26. The molecule has 0 aromatic carbocycles. The molecular weight excluding hydrogens is 320 g/mol.